The number of hydrogen-bond donors (Lipinski definition) is 1. The largest absolute Gasteiger partial charge is 0.481 e. The summed E-state index contributed by atoms with van der Waals surface area (Å²) in [5.41, 5.74) is 2.80. The third kappa shape index (κ3) is 2.45. The van der Waals surface area contributed by atoms with Crippen LogP contribution >= 0.6 is 0 Å². The van der Waals surface area contributed by atoms with E-state index in [-0.39, 0.29) is 17.6 Å². The van der Waals surface area contributed by atoms with Crippen LogP contribution in [0.5, 0.6) is 0 Å². The Morgan fingerprint density at radius 2 is 1.83 bits per heavy atom. The molecular weight excluding hydrogens is 228 g/mol. The lowest BCUT2D eigenvalue weighted by Crippen LogP contribution is -2.15. The van der Waals surface area contributed by atoms with Gasteiger partial charge >= 0.3 is 5.97 Å². The van der Waals surface area contributed by atoms with Crippen molar-refractivity contribution in [2.45, 2.75) is 33.1 Å². The molecule has 1 fully saturated rings. The number of carbonyl (C=O) groups excluding carboxylic acids is 1. The summed E-state index contributed by atoms with van der Waals surface area (Å²) >= 11 is 0. The Balaban J connectivity index is 2.17. The van der Waals surface area contributed by atoms with Gasteiger partial charge in [0.1, 0.15) is 0 Å². The summed E-state index contributed by atoms with van der Waals surface area (Å²) in [6, 6.07) is 5.85. The Kier molecular flexibility index (Phi) is 3.50. The van der Waals surface area contributed by atoms with Gasteiger partial charge in [-0.3, -0.25) is 9.59 Å². The van der Waals surface area contributed by atoms with Gasteiger partial charge in [0.05, 0.1) is 5.92 Å². The molecule has 0 saturated heterocycles. The average molecular weight is 246 g/mol. The highest BCUT2D eigenvalue weighted by molar-refractivity contribution is 5.99. The number of carboxylic acid groups (broad SMARTS) is 1. The van der Waals surface area contributed by atoms with E-state index in [0.29, 0.717) is 19.3 Å². The second-order valence-electron chi connectivity index (χ2n) is 5.23. The fraction of sp³-hybridized carbons (Fsp3) is 0.467. The first-order chi connectivity index (χ1) is 8.49. The summed E-state index contributed by atoms with van der Waals surface area (Å²) in [5, 5.41) is 8.97. The number of ketones is 1. The van der Waals surface area contributed by atoms with Crippen molar-refractivity contribution in [2.75, 3.05) is 0 Å². The molecule has 1 aromatic rings. The van der Waals surface area contributed by atoms with Gasteiger partial charge < -0.3 is 5.11 Å². The van der Waals surface area contributed by atoms with Crippen molar-refractivity contribution < 1.29 is 14.7 Å². The van der Waals surface area contributed by atoms with Crippen LogP contribution in [0.15, 0.2) is 18.2 Å². The van der Waals surface area contributed by atoms with Crippen molar-refractivity contribution in [3.05, 3.63) is 34.9 Å². The molecular formula is C15H18O3. The van der Waals surface area contributed by atoms with E-state index >= 15 is 0 Å². The number of Topliss-reactive ketones (excluding diaryl/α,β-unsaturated/α-hetero) is 1. The molecule has 1 aliphatic carbocycles. The maximum Gasteiger partial charge on any atom is 0.306 e. The summed E-state index contributed by atoms with van der Waals surface area (Å²) in [5.74, 6) is -1.12. The van der Waals surface area contributed by atoms with Gasteiger partial charge in [-0.1, -0.05) is 17.7 Å². The molecule has 0 aliphatic heterocycles. The maximum absolute atomic E-state index is 12.4. The zero-order valence-electron chi connectivity index (χ0n) is 10.8. The normalized spacial score (nSPS) is 23.0. The van der Waals surface area contributed by atoms with Crippen LogP contribution in [0.3, 0.4) is 0 Å². The monoisotopic (exact) mass is 246 g/mol. The minimum atomic E-state index is -0.772. The van der Waals surface area contributed by atoms with Crippen LogP contribution in [0.4, 0.5) is 0 Å². The molecule has 0 spiro atoms. The van der Waals surface area contributed by atoms with Gasteiger partial charge in [0.25, 0.3) is 0 Å². The molecule has 1 N–H and O–H groups in total. The Bertz CT molecular complexity index is 491. The first kappa shape index (κ1) is 12.8. The average Bonchev–Trinajstić information content (AvgIpc) is 2.81. The second kappa shape index (κ2) is 4.92. The molecule has 1 aromatic carbocycles. The zero-order valence-corrected chi connectivity index (χ0v) is 10.8. The van der Waals surface area contributed by atoms with Crippen LogP contribution in [0.2, 0.25) is 0 Å². The molecule has 0 radical (unpaired) electrons. The van der Waals surface area contributed by atoms with Crippen molar-refractivity contribution in [2.24, 2.45) is 11.8 Å². The quantitative estimate of drug-likeness (QED) is 0.834. The fourth-order valence-electron chi connectivity index (χ4n) is 2.67. The lowest BCUT2D eigenvalue weighted by Gasteiger charge is -2.11. The third-order valence-corrected chi connectivity index (χ3v) is 3.81. The minimum absolute atomic E-state index is 0.111. The van der Waals surface area contributed by atoms with Crippen LogP contribution in [-0.2, 0) is 4.79 Å². The number of carboxylic acids is 1. The Morgan fingerprint density at radius 3 is 2.44 bits per heavy atom. The highest BCUT2D eigenvalue weighted by Gasteiger charge is 2.34. The molecule has 2 atom stereocenters. The predicted molar refractivity (Wildman–Crippen MR) is 68.7 cm³/mol. The number of rotatable bonds is 3. The standard InChI is InChI=1S/C15H18O3/c1-9-3-4-10(2)13(7-9)14(16)11-5-6-12(8-11)15(17)18/h3-4,7,11-12H,5-6,8H2,1-2H3,(H,17,18)/t11-,12+/m0/s1. The number of carbonyl (C=O) groups is 2. The third-order valence-electron chi connectivity index (χ3n) is 3.81. The van der Waals surface area contributed by atoms with Gasteiger partial charge in [-0.05, 0) is 44.7 Å². The molecule has 1 aliphatic rings. The number of hydrogen-bond acceptors (Lipinski definition) is 2. The summed E-state index contributed by atoms with van der Waals surface area (Å²) in [6.07, 6.45) is 1.81. The Labute approximate surface area is 107 Å². The molecule has 18 heavy (non-hydrogen) atoms. The Hall–Kier alpha value is -1.64. The summed E-state index contributed by atoms with van der Waals surface area (Å²) in [7, 11) is 0. The Morgan fingerprint density at radius 1 is 1.17 bits per heavy atom. The summed E-state index contributed by atoms with van der Waals surface area (Å²) in [4.78, 5) is 23.3. The molecule has 96 valence electrons. The van der Waals surface area contributed by atoms with Gasteiger partial charge in [-0.15, -0.1) is 0 Å². The van der Waals surface area contributed by atoms with Crippen molar-refractivity contribution in [1.82, 2.24) is 0 Å². The van der Waals surface area contributed by atoms with Crippen molar-refractivity contribution in [1.29, 1.82) is 0 Å². The lowest BCUT2D eigenvalue weighted by molar-refractivity contribution is -0.141. The van der Waals surface area contributed by atoms with E-state index in [2.05, 4.69) is 0 Å². The van der Waals surface area contributed by atoms with Crippen molar-refractivity contribution in [3.8, 4) is 0 Å². The van der Waals surface area contributed by atoms with Crippen molar-refractivity contribution >= 4 is 11.8 Å². The van der Waals surface area contributed by atoms with Crippen LogP contribution in [0.1, 0.15) is 40.7 Å². The predicted octanol–water partition coefficient (Wildman–Crippen LogP) is 2.99. The first-order valence-corrected chi connectivity index (χ1v) is 6.33. The summed E-state index contributed by atoms with van der Waals surface area (Å²) in [6.45, 7) is 3.89. The minimum Gasteiger partial charge on any atom is -0.481 e. The highest BCUT2D eigenvalue weighted by atomic mass is 16.4. The van der Waals surface area contributed by atoms with Crippen molar-refractivity contribution in [3.63, 3.8) is 0 Å². The molecule has 3 heteroatoms. The molecule has 0 aromatic heterocycles. The van der Waals surface area contributed by atoms with E-state index in [4.69, 9.17) is 5.11 Å². The number of benzene rings is 1. The number of aliphatic carboxylic acids is 1. The van der Waals surface area contributed by atoms with E-state index in [0.717, 1.165) is 16.7 Å². The lowest BCUT2D eigenvalue weighted by atomic mass is 9.91. The summed E-state index contributed by atoms with van der Waals surface area (Å²) < 4.78 is 0. The smallest absolute Gasteiger partial charge is 0.306 e. The molecule has 0 amide bonds. The number of aryl methyl sites for hydroxylation is 2. The highest BCUT2D eigenvalue weighted by Crippen LogP contribution is 2.34. The van der Waals surface area contributed by atoms with Gasteiger partial charge in [-0.2, -0.15) is 0 Å². The van der Waals surface area contributed by atoms with Crippen LogP contribution in [-0.4, -0.2) is 16.9 Å². The van der Waals surface area contributed by atoms with Gasteiger partial charge in [0.2, 0.25) is 0 Å². The SMILES string of the molecule is Cc1ccc(C)c(C(=O)[C@H]2CC[C@@H](C(=O)O)C2)c1. The fourth-order valence-corrected chi connectivity index (χ4v) is 2.67. The van der Waals surface area contributed by atoms with Gasteiger partial charge in [-0.25, -0.2) is 0 Å². The molecule has 3 nitrogen and oxygen atoms in total. The zero-order chi connectivity index (χ0) is 13.3. The molecule has 2 rings (SSSR count). The van der Waals surface area contributed by atoms with Gasteiger partial charge in [0.15, 0.2) is 5.78 Å². The van der Waals surface area contributed by atoms with Crippen LogP contribution in [0, 0.1) is 25.7 Å². The molecule has 0 bridgehead atoms. The van der Waals surface area contributed by atoms with E-state index in [1.165, 1.54) is 0 Å². The van der Waals surface area contributed by atoms with E-state index in [1.807, 2.05) is 32.0 Å². The first-order valence-electron chi connectivity index (χ1n) is 6.33. The van der Waals surface area contributed by atoms with E-state index in [1.54, 1.807) is 0 Å². The molecule has 1 saturated carbocycles. The topological polar surface area (TPSA) is 54.4 Å². The van der Waals surface area contributed by atoms with E-state index in [9.17, 15) is 9.59 Å². The van der Waals surface area contributed by atoms with Gasteiger partial charge in [0, 0.05) is 11.5 Å². The van der Waals surface area contributed by atoms with Crippen LogP contribution < -0.4 is 0 Å². The van der Waals surface area contributed by atoms with E-state index < -0.39 is 5.97 Å². The maximum atomic E-state index is 12.4. The molecule has 0 unspecified atom stereocenters. The molecule has 0 heterocycles. The van der Waals surface area contributed by atoms with Crippen LogP contribution in [0.25, 0.3) is 0 Å². The second-order valence-corrected chi connectivity index (χ2v) is 5.23.